The third-order valence-corrected chi connectivity index (χ3v) is 4.50. The van der Waals surface area contributed by atoms with Crippen molar-refractivity contribution in [3.63, 3.8) is 0 Å². The zero-order valence-electron chi connectivity index (χ0n) is 16.0. The van der Waals surface area contributed by atoms with Crippen LogP contribution in [-0.2, 0) is 14.2 Å². The molecule has 1 aliphatic carbocycles. The molecule has 2 N–H and O–H groups in total. The van der Waals surface area contributed by atoms with E-state index in [2.05, 4.69) is 27.4 Å². The van der Waals surface area contributed by atoms with E-state index in [0.717, 1.165) is 84.0 Å². The number of aliphatic imine (C=N–C) groups is 1. The summed E-state index contributed by atoms with van der Waals surface area (Å²) in [5, 5.41) is 6.75. The van der Waals surface area contributed by atoms with Crippen molar-refractivity contribution in [2.45, 2.75) is 44.8 Å². The lowest BCUT2D eigenvalue weighted by atomic mass is 10.3. The van der Waals surface area contributed by atoms with Gasteiger partial charge in [-0.15, -0.1) is 0 Å². The fourth-order valence-electron chi connectivity index (χ4n) is 2.93. The van der Waals surface area contributed by atoms with Gasteiger partial charge < -0.3 is 24.8 Å². The maximum Gasteiger partial charge on any atom is 0.191 e. The molecule has 2 fully saturated rings. The molecule has 1 saturated carbocycles. The van der Waals surface area contributed by atoms with Crippen LogP contribution in [-0.4, -0.2) is 89.3 Å². The van der Waals surface area contributed by atoms with Crippen molar-refractivity contribution in [1.82, 2.24) is 15.5 Å². The van der Waals surface area contributed by atoms with E-state index in [4.69, 9.17) is 14.2 Å². The summed E-state index contributed by atoms with van der Waals surface area (Å²) in [6.07, 6.45) is 4.90. The van der Waals surface area contributed by atoms with E-state index in [9.17, 15) is 0 Å². The highest BCUT2D eigenvalue weighted by molar-refractivity contribution is 5.79. The lowest BCUT2D eigenvalue weighted by Crippen LogP contribution is -2.42. The van der Waals surface area contributed by atoms with Crippen LogP contribution >= 0.6 is 0 Å². The first-order valence-corrected chi connectivity index (χ1v) is 9.78. The minimum Gasteiger partial charge on any atom is -0.383 e. The van der Waals surface area contributed by atoms with E-state index >= 15 is 0 Å². The highest BCUT2D eigenvalue weighted by Crippen LogP contribution is 2.25. The van der Waals surface area contributed by atoms with Gasteiger partial charge in [0.05, 0.1) is 19.3 Å². The first-order valence-electron chi connectivity index (χ1n) is 9.78. The molecule has 1 heterocycles. The van der Waals surface area contributed by atoms with Gasteiger partial charge in [0.2, 0.25) is 0 Å². The fourth-order valence-corrected chi connectivity index (χ4v) is 2.93. The Morgan fingerprint density at radius 1 is 1.20 bits per heavy atom. The summed E-state index contributed by atoms with van der Waals surface area (Å²) in [5.41, 5.74) is 0. The molecule has 146 valence electrons. The molecule has 7 nitrogen and oxygen atoms in total. The van der Waals surface area contributed by atoms with Gasteiger partial charge in [-0.05, 0) is 32.6 Å². The molecular weight excluding hydrogens is 320 g/mol. The molecule has 1 aliphatic heterocycles. The summed E-state index contributed by atoms with van der Waals surface area (Å²) in [7, 11) is 1.77. The van der Waals surface area contributed by atoms with Gasteiger partial charge in [0.25, 0.3) is 0 Å². The van der Waals surface area contributed by atoms with Gasteiger partial charge in [0.15, 0.2) is 5.96 Å². The van der Waals surface area contributed by atoms with Crippen LogP contribution < -0.4 is 10.6 Å². The first kappa shape index (κ1) is 20.4. The van der Waals surface area contributed by atoms with E-state index in [1.165, 1.54) is 12.8 Å². The summed E-state index contributed by atoms with van der Waals surface area (Å²) >= 11 is 0. The molecule has 0 bridgehead atoms. The van der Waals surface area contributed by atoms with Crippen LogP contribution in [0.2, 0.25) is 0 Å². The standard InChI is InChI=1S/C18H36N4O3/c1-3-19-18(20-8-4-12-25-17-7-13-24-15-17)21-9-10-22(11-14-23-2)16-5-6-16/h16-17H,3-15H2,1-2H3,(H2,19,20,21). The zero-order valence-corrected chi connectivity index (χ0v) is 16.0. The van der Waals surface area contributed by atoms with Gasteiger partial charge in [0.1, 0.15) is 0 Å². The SMILES string of the molecule is CCNC(=NCCCOC1CCOC1)NCCN(CCOC)C1CC1. The molecule has 25 heavy (non-hydrogen) atoms. The van der Waals surface area contributed by atoms with Crippen molar-refractivity contribution < 1.29 is 14.2 Å². The summed E-state index contributed by atoms with van der Waals surface area (Å²) in [6, 6.07) is 0.758. The highest BCUT2D eigenvalue weighted by Gasteiger charge is 2.28. The lowest BCUT2D eigenvalue weighted by molar-refractivity contribution is 0.0424. The monoisotopic (exact) mass is 356 g/mol. The number of hydrogen-bond acceptors (Lipinski definition) is 5. The molecule has 0 spiro atoms. The van der Waals surface area contributed by atoms with Gasteiger partial charge in [-0.1, -0.05) is 0 Å². The predicted molar refractivity (Wildman–Crippen MR) is 100 cm³/mol. The summed E-state index contributed by atoms with van der Waals surface area (Å²) in [6.45, 7) is 9.82. The third kappa shape index (κ3) is 8.85. The average molecular weight is 357 g/mol. The second-order valence-corrected chi connectivity index (χ2v) is 6.66. The first-order chi connectivity index (χ1) is 12.3. The number of ether oxygens (including phenoxy) is 3. The minimum atomic E-state index is 0.288. The number of nitrogens with one attached hydrogen (secondary N) is 2. The van der Waals surface area contributed by atoms with Crippen LogP contribution in [0, 0.1) is 0 Å². The molecule has 2 aliphatic rings. The van der Waals surface area contributed by atoms with Crippen molar-refractivity contribution in [3.8, 4) is 0 Å². The van der Waals surface area contributed by atoms with Crippen molar-refractivity contribution in [2.24, 2.45) is 4.99 Å². The summed E-state index contributed by atoms with van der Waals surface area (Å²) in [5.74, 6) is 0.897. The Bertz CT molecular complexity index is 371. The van der Waals surface area contributed by atoms with Crippen LogP contribution in [0.4, 0.5) is 0 Å². The highest BCUT2D eigenvalue weighted by atomic mass is 16.5. The largest absolute Gasteiger partial charge is 0.383 e. The number of methoxy groups -OCH3 is 1. The quantitative estimate of drug-likeness (QED) is 0.290. The fraction of sp³-hybridized carbons (Fsp3) is 0.944. The van der Waals surface area contributed by atoms with Gasteiger partial charge in [-0.3, -0.25) is 9.89 Å². The van der Waals surface area contributed by atoms with Gasteiger partial charge in [0, 0.05) is 59.1 Å². The third-order valence-electron chi connectivity index (χ3n) is 4.50. The molecular formula is C18H36N4O3. The Labute approximate surface area is 152 Å². The van der Waals surface area contributed by atoms with Gasteiger partial charge >= 0.3 is 0 Å². The zero-order chi connectivity index (χ0) is 17.7. The molecule has 0 aromatic carbocycles. The predicted octanol–water partition coefficient (Wildman–Crippen LogP) is 0.848. The van der Waals surface area contributed by atoms with Crippen molar-refractivity contribution in [1.29, 1.82) is 0 Å². The van der Waals surface area contributed by atoms with Gasteiger partial charge in [-0.2, -0.15) is 0 Å². The summed E-state index contributed by atoms with van der Waals surface area (Å²) in [4.78, 5) is 7.15. The molecule has 0 aromatic rings. The topological polar surface area (TPSA) is 67.4 Å². The second-order valence-electron chi connectivity index (χ2n) is 6.66. The van der Waals surface area contributed by atoms with Crippen molar-refractivity contribution in [3.05, 3.63) is 0 Å². The minimum absolute atomic E-state index is 0.288. The maximum atomic E-state index is 5.77. The molecule has 0 amide bonds. The second kappa shape index (κ2) is 12.5. The van der Waals surface area contributed by atoms with Crippen LogP contribution in [0.5, 0.6) is 0 Å². The smallest absolute Gasteiger partial charge is 0.191 e. The van der Waals surface area contributed by atoms with Gasteiger partial charge in [-0.25, -0.2) is 0 Å². The van der Waals surface area contributed by atoms with Crippen LogP contribution in [0.3, 0.4) is 0 Å². The Balaban J connectivity index is 1.59. The number of nitrogens with zero attached hydrogens (tertiary/aromatic N) is 2. The average Bonchev–Trinajstić information content (AvgIpc) is 3.33. The molecule has 7 heteroatoms. The van der Waals surface area contributed by atoms with E-state index < -0.39 is 0 Å². The van der Waals surface area contributed by atoms with E-state index in [0.29, 0.717) is 0 Å². The van der Waals surface area contributed by atoms with Crippen LogP contribution in [0.1, 0.15) is 32.6 Å². The summed E-state index contributed by atoms with van der Waals surface area (Å²) < 4.78 is 16.3. The molecule has 0 radical (unpaired) electrons. The normalized spacial score (nSPS) is 21.1. The lowest BCUT2D eigenvalue weighted by Gasteiger charge is -2.22. The van der Waals surface area contributed by atoms with E-state index in [1.54, 1.807) is 7.11 Å². The van der Waals surface area contributed by atoms with E-state index in [-0.39, 0.29) is 6.10 Å². The van der Waals surface area contributed by atoms with Crippen molar-refractivity contribution >= 4 is 5.96 Å². The number of rotatable bonds is 13. The molecule has 0 aromatic heterocycles. The van der Waals surface area contributed by atoms with E-state index in [1.807, 2.05) is 0 Å². The maximum absolute atomic E-state index is 5.77. The molecule has 2 rings (SSSR count). The molecule has 1 saturated heterocycles. The van der Waals surface area contributed by atoms with Crippen LogP contribution in [0.25, 0.3) is 0 Å². The number of hydrogen-bond donors (Lipinski definition) is 2. The van der Waals surface area contributed by atoms with Crippen LogP contribution in [0.15, 0.2) is 4.99 Å². The number of guanidine groups is 1. The Kier molecular flexibility index (Phi) is 10.2. The Morgan fingerprint density at radius 2 is 2.08 bits per heavy atom. The molecule has 1 atom stereocenters. The molecule has 1 unspecified atom stereocenters. The Hall–Kier alpha value is -0.890. The van der Waals surface area contributed by atoms with Crippen molar-refractivity contribution in [2.75, 3.05) is 66.3 Å². The Morgan fingerprint density at radius 3 is 2.76 bits per heavy atom.